The number of guanidine groups is 1. The van der Waals surface area contributed by atoms with E-state index in [0.717, 1.165) is 48.1 Å². The number of nitrogens with zero attached hydrogens (tertiary/aromatic N) is 3. The number of hydrogen-bond acceptors (Lipinski definition) is 4. The Labute approximate surface area is 148 Å². The molecule has 1 aromatic rings. The molecule has 0 atom stereocenters. The van der Waals surface area contributed by atoms with E-state index in [1.807, 2.05) is 34.1 Å². The van der Waals surface area contributed by atoms with Gasteiger partial charge >= 0.3 is 0 Å². The van der Waals surface area contributed by atoms with Crippen molar-refractivity contribution in [2.24, 2.45) is 10.4 Å². The molecule has 1 aromatic heterocycles. The standard InChI is InChI=1S/C17H29N5OS/c1-5-18-16(20-11-14-10-19-13(2)24-14)21-12-17(8-6-7-9-17)15(23)22(3)4/h10H,5-9,11-12H2,1-4H3,(H2,18,20,21). The quantitative estimate of drug-likeness (QED) is 0.609. The van der Waals surface area contributed by atoms with Crippen molar-refractivity contribution in [1.29, 1.82) is 0 Å². The van der Waals surface area contributed by atoms with Gasteiger partial charge in [-0.3, -0.25) is 4.79 Å². The van der Waals surface area contributed by atoms with Gasteiger partial charge in [0.15, 0.2) is 5.96 Å². The summed E-state index contributed by atoms with van der Waals surface area (Å²) in [7, 11) is 3.68. The molecule has 1 amide bonds. The maximum absolute atomic E-state index is 12.6. The van der Waals surface area contributed by atoms with E-state index >= 15 is 0 Å². The minimum Gasteiger partial charge on any atom is -0.357 e. The smallest absolute Gasteiger partial charge is 0.230 e. The Bertz CT molecular complexity index is 575. The van der Waals surface area contributed by atoms with Crippen molar-refractivity contribution in [3.05, 3.63) is 16.1 Å². The van der Waals surface area contributed by atoms with E-state index in [-0.39, 0.29) is 11.3 Å². The van der Waals surface area contributed by atoms with Crippen LogP contribution in [-0.4, -0.2) is 48.9 Å². The Balaban J connectivity index is 2.02. The van der Waals surface area contributed by atoms with Gasteiger partial charge in [-0.25, -0.2) is 9.98 Å². The fourth-order valence-electron chi connectivity index (χ4n) is 3.22. The molecule has 1 heterocycles. The molecule has 2 N–H and O–H groups in total. The molecule has 7 heteroatoms. The van der Waals surface area contributed by atoms with Crippen LogP contribution in [0.1, 0.15) is 42.5 Å². The summed E-state index contributed by atoms with van der Waals surface area (Å²) in [6, 6.07) is 0. The zero-order valence-electron chi connectivity index (χ0n) is 15.2. The first kappa shape index (κ1) is 18.7. The van der Waals surface area contributed by atoms with Gasteiger partial charge in [0, 0.05) is 38.3 Å². The zero-order valence-corrected chi connectivity index (χ0v) is 16.0. The first-order valence-corrected chi connectivity index (χ1v) is 9.44. The third kappa shape index (κ3) is 4.69. The van der Waals surface area contributed by atoms with Crippen molar-refractivity contribution in [2.75, 3.05) is 27.2 Å². The SMILES string of the molecule is CCNC(=NCc1cnc(C)s1)NCC1(C(=O)N(C)C)CCCC1. The first-order valence-electron chi connectivity index (χ1n) is 8.62. The van der Waals surface area contributed by atoms with Gasteiger partial charge in [0.2, 0.25) is 5.91 Å². The molecule has 0 aliphatic heterocycles. The second kappa shape index (κ2) is 8.46. The van der Waals surface area contributed by atoms with Gasteiger partial charge < -0.3 is 15.5 Å². The van der Waals surface area contributed by atoms with Gasteiger partial charge in [0.05, 0.1) is 17.0 Å². The summed E-state index contributed by atoms with van der Waals surface area (Å²) in [4.78, 5) is 24.4. The van der Waals surface area contributed by atoms with Crippen LogP contribution < -0.4 is 10.6 Å². The van der Waals surface area contributed by atoms with E-state index in [2.05, 4.69) is 20.6 Å². The number of aromatic nitrogens is 1. The predicted octanol–water partition coefficient (Wildman–Crippen LogP) is 2.16. The maximum Gasteiger partial charge on any atom is 0.230 e. The third-order valence-corrected chi connectivity index (χ3v) is 5.32. The lowest BCUT2D eigenvalue weighted by atomic mass is 9.84. The van der Waals surface area contributed by atoms with Crippen molar-refractivity contribution in [3.8, 4) is 0 Å². The van der Waals surface area contributed by atoms with Crippen LogP contribution in [0.3, 0.4) is 0 Å². The summed E-state index contributed by atoms with van der Waals surface area (Å²) in [5.41, 5.74) is -0.291. The van der Waals surface area contributed by atoms with Crippen LogP contribution in [0.2, 0.25) is 0 Å². The molecule has 24 heavy (non-hydrogen) atoms. The minimum atomic E-state index is -0.291. The summed E-state index contributed by atoms with van der Waals surface area (Å²) in [5, 5.41) is 7.71. The maximum atomic E-state index is 12.6. The molecule has 0 saturated heterocycles. The molecular weight excluding hydrogens is 322 g/mol. The third-order valence-electron chi connectivity index (χ3n) is 4.42. The number of carbonyl (C=O) groups is 1. The lowest BCUT2D eigenvalue weighted by molar-refractivity contribution is -0.138. The molecule has 0 bridgehead atoms. The molecule has 6 nitrogen and oxygen atoms in total. The summed E-state index contributed by atoms with van der Waals surface area (Å²) in [6.45, 7) is 6.08. The molecule has 0 radical (unpaired) electrons. The Kier molecular flexibility index (Phi) is 6.60. The molecule has 134 valence electrons. The highest BCUT2D eigenvalue weighted by atomic mass is 32.1. The van der Waals surface area contributed by atoms with Crippen molar-refractivity contribution in [1.82, 2.24) is 20.5 Å². The van der Waals surface area contributed by atoms with Crippen molar-refractivity contribution < 1.29 is 4.79 Å². The predicted molar refractivity (Wildman–Crippen MR) is 99.3 cm³/mol. The highest BCUT2D eigenvalue weighted by Crippen LogP contribution is 2.38. The fourth-order valence-corrected chi connectivity index (χ4v) is 3.94. The van der Waals surface area contributed by atoms with Crippen LogP contribution in [-0.2, 0) is 11.3 Å². The lowest BCUT2D eigenvalue weighted by Gasteiger charge is -2.31. The van der Waals surface area contributed by atoms with Crippen LogP contribution in [0.15, 0.2) is 11.2 Å². The van der Waals surface area contributed by atoms with Crippen molar-refractivity contribution in [2.45, 2.75) is 46.1 Å². The molecule has 0 unspecified atom stereocenters. The van der Waals surface area contributed by atoms with Gasteiger partial charge in [-0.1, -0.05) is 12.8 Å². The Morgan fingerprint density at radius 2 is 2.08 bits per heavy atom. The normalized spacial score (nSPS) is 16.9. The van der Waals surface area contributed by atoms with E-state index in [1.54, 1.807) is 16.2 Å². The number of carbonyl (C=O) groups excluding carboxylic acids is 1. The molecule has 1 fully saturated rings. The number of hydrogen-bond donors (Lipinski definition) is 2. The summed E-state index contributed by atoms with van der Waals surface area (Å²) in [6.07, 6.45) is 6.01. The topological polar surface area (TPSA) is 69.6 Å². The van der Waals surface area contributed by atoms with Crippen LogP contribution in [0, 0.1) is 12.3 Å². The van der Waals surface area contributed by atoms with E-state index in [4.69, 9.17) is 0 Å². The van der Waals surface area contributed by atoms with Gasteiger partial charge in [-0.15, -0.1) is 11.3 Å². The Morgan fingerprint density at radius 1 is 1.38 bits per heavy atom. The molecule has 0 aromatic carbocycles. The van der Waals surface area contributed by atoms with E-state index in [0.29, 0.717) is 13.1 Å². The van der Waals surface area contributed by atoms with Gasteiger partial charge in [0.25, 0.3) is 0 Å². The molecule has 0 spiro atoms. The monoisotopic (exact) mass is 351 g/mol. The Hall–Kier alpha value is -1.63. The second-order valence-corrected chi connectivity index (χ2v) is 7.90. The van der Waals surface area contributed by atoms with Crippen molar-refractivity contribution >= 4 is 23.2 Å². The van der Waals surface area contributed by atoms with Gasteiger partial charge in [-0.05, 0) is 26.7 Å². The summed E-state index contributed by atoms with van der Waals surface area (Å²) >= 11 is 1.66. The molecule has 1 saturated carbocycles. The van der Waals surface area contributed by atoms with E-state index < -0.39 is 0 Å². The van der Waals surface area contributed by atoms with Crippen LogP contribution in [0.25, 0.3) is 0 Å². The number of thiazole rings is 1. The Morgan fingerprint density at radius 3 is 2.62 bits per heavy atom. The van der Waals surface area contributed by atoms with Crippen LogP contribution in [0.4, 0.5) is 0 Å². The second-order valence-electron chi connectivity index (χ2n) is 6.58. The number of nitrogens with one attached hydrogen (secondary N) is 2. The number of rotatable bonds is 6. The number of amides is 1. The highest BCUT2D eigenvalue weighted by Gasteiger charge is 2.42. The van der Waals surface area contributed by atoms with Crippen LogP contribution >= 0.6 is 11.3 Å². The molecule has 1 aliphatic rings. The van der Waals surface area contributed by atoms with Gasteiger partial charge in [-0.2, -0.15) is 0 Å². The van der Waals surface area contributed by atoms with Crippen molar-refractivity contribution in [3.63, 3.8) is 0 Å². The zero-order chi connectivity index (χ0) is 17.6. The fraction of sp³-hybridized carbons (Fsp3) is 0.706. The molecule has 2 rings (SSSR count). The lowest BCUT2D eigenvalue weighted by Crippen LogP contribution is -2.49. The minimum absolute atomic E-state index is 0.224. The summed E-state index contributed by atoms with van der Waals surface area (Å²) < 4.78 is 0. The van der Waals surface area contributed by atoms with Crippen LogP contribution in [0.5, 0.6) is 0 Å². The van der Waals surface area contributed by atoms with Gasteiger partial charge in [0.1, 0.15) is 0 Å². The van der Waals surface area contributed by atoms with E-state index in [9.17, 15) is 4.79 Å². The average Bonchev–Trinajstić information content (AvgIpc) is 3.19. The number of aliphatic imine (C=N–C) groups is 1. The van der Waals surface area contributed by atoms with E-state index in [1.165, 1.54) is 0 Å². The number of aryl methyl sites for hydroxylation is 1. The average molecular weight is 352 g/mol. The highest BCUT2D eigenvalue weighted by molar-refractivity contribution is 7.11. The summed E-state index contributed by atoms with van der Waals surface area (Å²) in [5.74, 6) is 0.989. The molecular formula is C17H29N5OS. The first-order chi connectivity index (χ1) is 11.5. The molecule has 1 aliphatic carbocycles. The largest absolute Gasteiger partial charge is 0.357 e.